The number of anilines is 2. The first-order chi connectivity index (χ1) is 13.1. The summed E-state index contributed by atoms with van der Waals surface area (Å²) in [6, 6.07) is 11.2. The second kappa shape index (κ2) is 7.80. The molecule has 0 atom stereocenters. The zero-order valence-electron chi connectivity index (χ0n) is 15.3. The number of piperidine rings is 1. The van der Waals surface area contributed by atoms with Crippen LogP contribution < -0.4 is 15.0 Å². The van der Waals surface area contributed by atoms with E-state index >= 15 is 0 Å². The molecule has 1 fully saturated rings. The summed E-state index contributed by atoms with van der Waals surface area (Å²) in [5, 5.41) is 2.86. The third-order valence-electron chi connectivity index (χ3n) is 5.25. The maximum absolute atomic E-state index is 14.2. The SMILES string of the molecule is Cc1ccc(N2CCC(COc3cccc4c3CSC(=O)N4)CC2)c(F)c1. The minimum Gasteiger partial charge on any atom is -0.493 e. The van der Waals surface area contributed by atoms with Gasteiger partial charge in [0.25, 0.3) is 5.24 Å². The number of fused-ring (bicyclic) bond motifs is 1. The maximum Gasteiger partial charge on any atom is 0.283 e. The van der Waals surface area contributed by atoms with Crippen molar-refractivity contribution in [2.75, 3.05) is 29.9 Å². The van der Waals surface area contributed by atoms with Gasteiger partial charge in [-0.3, -0.25) is 4.79 Å². The summed E-state index contributed by atoms with van der Waals surface area (Å²) in [6.45, 7) is 4.24. The van der Waals surface area contributed by atoms with Crippen molar-refractivity contribution in [3.63, 3.8) is 0 Å². The maximum atomic E-state index is 14.2. The van der Waals surface area contributed by atoms with Gasteiger partial charge in [-0.15, -0.1) is 0 Å². The van der Waals surface area contributed by atoms with Crippen LogP contribution in [0.4, 0.5) is 20.6 Å². The molecule has 1 amide bonds. The Morgan fingerprint density at radius 3 is 2.85 bits per heavy atom. The van der Waals surface area contributed by atoms with Crippen LogP contribution in [0.1, 0.15) is 24.0 Å². The first kappa shape index (κ1) is 18.2. The molecule has 0 aromatic heterocycles. The second-order valence-electron chi connectivity index (χ2n) is 7.18. The van der Waals surface area contributed by atoms with E-state index < -0.39 is 0 Å². The molecule has 6 heteroatoms. The van der Waals surface area contributed by atoms with E-state index in [4.69, 9.17) is 4.74 Å². The predicted octanol–water partition coefficient (Wildman–Crippen LogP) is 5.21. The monoisotopic (exact) mass is 386 g/mol. The van der Waals surface area contributed by atoms with E-state index in [1.54, 1.807) is 6.07 Å². The summed E-state index contributed by atoms with van der Waals surface area (Å²) in [7, 11) is 0. The third kappa shape index (κ3) is 4.05. The van der Waals surface area contributed by atoms with Gasteiger partial charge in [0.1, 0.15) is 11.6 Å². The number of carbonyl (C=O) groups is 1. The van der Waals surface area contributed by atoms with E-state index in [1.165, 1.54) is 11.8 Å². The Hall–Kier alpha value is -2.21. The normalized spacial score (nSPS) is 17.4. The number of benzene rings is 2. The summed E-state index contributed by atoms with van der Waals surface area (Å²) in [5.41, 5.74) is 3.55. The van der Waals surface area contributed by atoms with Crippen molar-refractivity contribution >= 4 is 28.4 Å². The molecular formula is C21H23FN2O2S. The number of aryl methyl sites for hydroxylation is 1. The molecule has 4 nitrogen and oxygen atoms in total. The van der Waals surface area contributed by atoms with Crippen LogP contribution in [-0.2, 0) is 5.75 Å². The lowest BCUT2D eigenvalue weighted by atomic mass is 9.97. The van der Waals surface area contributed by atoms with E-state index in [1.807, 2.05) is 37.3 Å². The molecule has 0 saturated carbocycles. The zero-order chi connectivity index (χ0) is 18.8. The van der Waals surface area contributed by atoms with Crippen LogP contribution in [-0.4, -0.2) is 24.9 Å². The molecule has 1 N–H and O–H groups in total. The molecule has 2 aliphatic heterocycles. The molecule has 2 heterocycles. The van der Waals surface area contributed by atoms with Gasteiger partial charge in [0.05, 0.1) is 12.3 Å². The Labute approximate surface area is 163 Å². The van der Waals surface area contributed by atoms with E-state index in [9.17, 15) is 9.18 Å². The lowest BCUT2D eigenvalue weighted by Gasteiger charge is -2.34. The van der Waals surface area contributed by atoms with Crippen molar-refractivity contribution in [2.24, 2.45) is 5.92 Å². The van der Waals surface area contributed by atoms with Crippen molar-refractivity contribution in [2.45, 2.75) is 25.5 Å². The molecule has 0 spiro atoms. The molecule has 142 valence electrons. The molecule has 0 radical (unpaired) electrons. The number of carbonyl (C=O) groups excluding carboxylic acids is 1. The molecule has 0 bridgehead atoms. The lowest BCUT2D eigenvalue weighted by molar-refractivity contribution is 0.221. The number of hydrogen-bond donors (Lipinski definition) is 1. The Bertz CT molecular complexity index is 850. The molecule has 2 aliphatic rings. The molecule has 27 heavy (non-hydrogen) atoms. The van der Waals surface area contributed by atoms with Crippen LogP contribution in [0.25, 0.3) is 0 Å². The molecule has 2 aromatic rings. The van der Waals surface area contributed by atoms with Crippen LogP contribution in [0, 0.1) is 18.7 Å². The highest BCUT2D eigenvalue weighted by atomic mass is 32.2. The molecule has 4 rings (SSSR count). The Morgan fingerprint density at radius 1 is 1.26 bits per heavy atom. The van der Waals surface area contributed by atoms with Crippen LogP contribution in [0.5, 0.6) is 5.75 Å². The topological polar surface area (TPSA) is 41.6 Å². The van der Waals surface area contributed by atoms with Crippen molar-refractivity contribution in [3.05, 3.63) is 53.3 Å². The van der Waals surface area contributed by atoms with Crippen LogP contribution in [0.3, 0.4) is 0 Å². The molecule has 2 aromatic carbocycles. The van der Waals surface area contributed by atoms with Gasteiger partial charge in [0.15, 0.2) is 0 Å². The van der Waals surface area contributed by atoms with Crippen LogP contribution in [0.15, 0.2) is 36.4 Å². The standard InChI is InChI=1S/C21H23FN2O2S/c1-14-5-6-19(17(22)11-14)24-9-7-15(8-10-24)12-26-20-4-2-3-18-16(20)13-27-21(25)23-18/h2-6,11,15H,7-10,12-13H2,1H3,(H,23,25). The predicted molar refractivity (Wildman–Crippen MR) is 108 cm³/mol. The van der Waals surface area contributed by atoms with E-state index in [-0.39, 0.29) is 11.1 Å². The van der Waals surface area contributed by atoms with E-state index in [0.717, 1.165) is 48.5 Å². The molecule has 0 aliphatic carbocycles. The lowest BCUT2D eigenvalue weighted by Crippen LogP contribution is -2.36. The highest BCUT2D eigenvalue weighted by Crippen LogP contribution is 2.35. The second-order valence-corrected chi connectivity index (χ2v) is 8.13. The average molecular weight is 386 g/mol. The zero-order valence-corrected chi connectivity index (χ0v) is 16.2. The fourth-order valence-corrected chi connectivity index (χ4v) is 4.42. The van der Waals surface area contributed by atoms with Gasteiger partial charge in [0, 0.05) is 30.1 Å². The van der Waals surface area contributed by atoms with Gasteiger partial charge >= 0.3 is 0 Å². The number of rotatable bonds is 4. The summed E-state index contributed by atoms with van der Waals surface area (Å²) in [6.07, 6.45) is 1.96. The summed E-state index contributed by atoms with van der Waals surface area (Å²) >= 11 is 1.26. The fourth-order valence-electron chi connectivity index (χ4n) is 3.67. The van der Waals surface area contributed by atoms with Crippen molar-refractivity contribution in [3.8, 4) is 5.75 Å². The molecule has 1 saturated heterocycles. The Balaban J connectivity index is 1.34. The summed E-state index contributed by atoms with van der Waals surface area (Å²) in [5.74, 6) is 1.81. The smallest absolute Gasteiger partial charge is 0.283 e. The van der Waals surface area contributed by atoms with Gasteiger partial charge in [-0.1, -0.05) is 23.9 Å². The van der Waals surface area contributed by atoms with Crippen molar-refractivity contribution < 1.29 is 13.9 Å². The Kier molecular flexibility index (Phi) is 5.25. The first-order valence-corrected chi connectivity index (χ1v) is 10.3. The minimum atomic E-state index is -0.139. The number of nitrogens with zero attached hydrogens (tertiary/aromatic N) is 1. The van der Waals surface area contributed by atoms with Gasteiger partial charge in [0.2, 0.25) is 0 Å². The number of ether oxygens (including phenoxy) is 1. The van der Waals surface area contributed by atoms with Crippen molar-refractivity contribution in [1.82, 2.24) is 0 Å². The fraction of sp³-hybridized carbons (Fsp3) is 0.381. The third-order valence-corrected chi connectivity index (χ3v) is 6.05. The Morgan fingerprint density at radius 2 is 2.07 bits per heavy atom. The highest BCUT2D eigenvalue weighted by Gasteiger charge is 2.23. The van der Waals surface area contributed by atoms with Crippen LogP contribution in [0.2, 0.25) is 0 Å². The van der Waals surface area contributed by atoms with Crippen molar-refractivity contribution in [1.29, 1.82) is 0 Å². The quantitative estimate of drug-likeness (QED) is 0.783. The highest BCUT2D eigenvalue weighted by molar-refractivity contribution is 8.13. The van der Waals surface area contributed by atoms with Gasteiger partial charge in [-0.05, 0) is 55.5 Å². The van der Waals surface area contributed by atoms with Gasteiger partial charge < -0.3 is 15.0 Å². The number of amides is 1. The molecular weight excluding hydrogens is 363 g/mol. The number of hydrogen-bond acceptors (Lipinski definition) is 4. The first-order valence-electron chi connectivity index (χ1n) is 9.30. The van der Waals surface area contributed by atoms with E-state index in [0.29, 0.717) is 24.0 Å². The van der Waals surface area contributed by atoms with E-state index in [2.05, 4.69) is 10.2 Å². The minimum absolute atomic E-state index is 0.0182. The van der Waals surface area contributed by atoms with Gasteiger partial charge in [-0.2, -0.15) is 0 Å². The van der Waals surface area contributed by atoms with Crippen LogP contribution >= 0.6 is 11.8 Å². The summed E-state index contributed by atoms with van der Waals surface area (Å²) < 4.78 is 20.3. The number of thioether (sulfide) groups is 1. The average Bonchev–Trinajstić information content (AvgIpc) is 2.66. The summed E-state index contributed by atoms with van der Waals surface area (Å²) in [4.78, 5) is 13.6. The number of nitrogens with one attached hydrogen (secondary N) is 1. The number of halogens is 1. The largest absolute Gasteiger partial charge is 0.493 e. The molecule has 0 unspecified atom stereocenters. The van der Waals surface area contributed by atoms with Gasteiger partial charge in [-0.25, -0.2) is 4.39 Å².